The molecule has 0 bridgehead atoms. The Bertz CT molecular complexity index is 415. The van der Waals surface area contributed by atoms with Crippen molar-refractivity contribution in [2.75, 3.05) is 19.8 Å². The standard InChI is InChI=1S/C26H50O5/c1-2-3-4-5-6-7-8-9-10-11-12-13-14-15-16-17-18-19-20-30-26-23(28)22-31-24(21-27)25(26)29/h8-9,23-29H,2-7,10-22H2,1H3/b9-8+/t23-,24+,25+,26+/m1/s1. The van der Waals surface area contributed by atoms with Crippen molar-refractivity contribution in [3.63, 3.8) is 0 Å². The largest absolute Gasteiger partial charge is 0.394 e. The lowest BCUT2D eigenvalue weighted by molar-refractivity contribution is -0.210. The summed E-state index contributed by atoms with van der Waals surface area (Å²) in [6.45, 7) is 2.64. The van der Waals surface area contributed by atoms with Crippen LogP contribution in [0.15, 0.2) is 12.2 Å². The van der Waals surface area contributed by atoms with Gasteiger partial charge in [-0.15, -0.1) is 0 Å². The molecule has 0 aromatic heterocycles. The highest BCUT2D eigenvalue weighted by Gasteiger charge is 2.38. The summed E-state index contributed by atoms with van der Waals surface area (Å²) in [6, 6.07) is 0. The van der Waals surface area contributed by atoms with Gasteiger partial charge in [-0.2, -0.15) is 0 Å². The van der Waals surface area contributed by atoms with Crippen LogP contribution in [0.3, 0.4) is 0 Å². The molecule has 0 aliphatic carbocycles. The Morgan fingerprint density at radius 3 is 1.84 bits per heavy atom. The summed E-state index contributed by atoms with van der Waals surface area (Å²) < 4.78 is 10.9. The first-order valence-corrected chi connectivity index (χ1v) is 13.1. The topological polar surface area (TPSA) is 79.2 Å². The molecule has 1 saturated heterocycles. The maximum Gasteiger partial charge on any atom is 0.114 e. The van der Waals surface area contributed by atoms with Crippen molar-refractivity contribution in [3.8, 4) is 0 Å². The molecule has 3 N–H and O–H groups in total. The first-order chi connectivity index (χ1) is 15.2. The van der Waals surface area contributed by atoms with Gasteiger partial charge >= 0.3 is 0 Å². The van der Waals surface area contributed by atoms with Gasteiger partial charge in [-0.25, -0.2) is 0 Å². The van der Waals surface area contributed by atoms with Crippen molar-refractivity contribution in [1.29, 1.82) is 0 Å². The van der Waals surface area contributed by atoms with Crippen LogP contribution in [0.2, 0.25) is 0 Å². The van der Waals surface area contributed by atoms with Gasteiger partial charge < -0.3 is 24.8 Å². The SMILES string of the molecule is CCCCCCC/C=C/CCCCCCCCCCCO[C@@H]1[C@@H](O)[C@H](CO)OC[C@H]1O. The van der Waals surface area contributed by atoms with E-state index in [0.717, 1.165) is 12.8 Å². The lowest BCUT2D eigenvalue weighted by atomic mass is 10.0. The van der Waals surface area contributed by atoms with Gasteiger partial charge in [0, 0.05) is 6.61 Å². The molecule has 0 amide bonds. The number of aliphatic hydroxyl groups excluding tert-OH is 3. The van der Waals surface area contributed by atoms with E-state index in [0.29, 0.717) is 6.61 Å². The first kappa shape index (κ1) is 28.6. The van der Waals surface area contributed by atoms with Crippen LogP contribution in [0.5, 0.6) is 0 Å². The Morgan fingerprint density at radius 1 is 0.774 bits per heavy atom. The van der Waals surface area contributed by atoms with Gasteiger partial charge in [-0.1, -0.05) is 89.7 Å². The summed E-state index contributed by atoms with van der Waals surface area (Å²) in [5.41, 5.74) is 0. The van der Waals surface area contributed by atoms with Crippen molar-refractivity contribution in [3.05, 3.63) is 12.2 Å². The molecular formula is C26H50O5. The highest BCUT2D eigenvalue weighted by Crippen LogP contribution is 2.19. The van der Waals surface area contributed by atoms with E-state index in [2.05, 4.69) is 19.1 Å². The Morgan fingerprint density at radius 2 is 1.29 bits per heavy atom. The molecule has 5 heteroatoms. The lowest BCUT2D eigenvalue weighted by Crippen LogP contribution is -2.55. The molecule has 0 unspecified atom stereocenters. The number of aliphatic hydroxyl groups is 3. The second-order valence-corrected chi connectivity index (χ2v) is 9.09. The van der Waals surface area contributed by atoms with Gasteiger partial charge in [-0.05, 0) is 32.1 Å². The molecule has 1 aliphatic heterocycles. The third kappa shape index (κ3) is 14.3. The maximum absolute atomic E-state index is 10.1. The van der Waals surface area contributed by atoms with Gasteiger partial charge in [0.1, 0.15) is 24.4 Å². The molecule has 4 atom stereocenters. The molecule has 1 aliphatic rings. The van der Waals surface area contributed by atoms with Gasteiger partial charge in [0.25, 0.3) is 0 Å². The Kier molecular flexibility index (Phi) is 18.6. The number of hydrogen-bond acceptors (Lipinski definition) is 5. The molecular weight excluding hydrogens is 392 g/mol. The van der Waals surface area contributed by atoms with Gasteiger partial charge in [0.2, 0.25) is 0 Å². The average molecular weight is 443 g/mol. The molecule has 5 nitrogen and oxygen atoms in total. The molecule has 1 fully saturated rings. The Hall–Kier alpha value is -0.460. The van der Waals surface area contributed by atoms with Crippen molar-refractivity contribution in [2.45, 2.75) is 134 Å². The first-order valence-electron chi connectivity index (χ1n) is 13.1. The minimum absolute atomic E-state index is 0.0996. The zero-order valence-corrected chi connectivity index (χ0v) is 20.1. The van der Waals surface area contributed by atoms with Crippen molar-refractivity contribution in [1.82, 2.24) is 0 Å². The van der Waals surface area contributed by atoms with Crippen LogP contribution in [-0.4, -0.2) is 59.6 Å². The summed E-state index contributed by atoms with van der Waals surface area (Å²) in [5.74, 6) is 0. The zero-order chi connectivity index (χ0) is 22.6. The van der Waals surface area contributed by atoms with Gasteiger partial charge in [0.15, 0.2) is 0 Å². The quantitative estimate of drug-likeness (QED) is 0.176. The summed E-state index contributed by atoms with van der Waals surface area (Å²) in [5, 5.41) is 29.2. The molecule has 0 saturated carbocycles. The molecule has 31 heavy (non-hydrogen) atoms. The second kappa shape index (κ2) is 20.2. The molecule has 0 radical (unpaired) electrons. The predicted molar refractivity (Wildman–Crippen MR) is 127 cm³/mol. The molecule has 0 spiro atoms. The fourth-order valence-electron chi connectivity index (χ4n) is 4.15. The second-order valence-electron chi connectivity index (χ2n) is 9.09. The van der Waals surface area contributed by atoms with Crippen LogP contribution in [0.4, 0.5) is 0 Å². The van der Waals surface area contributed by atoms with Gasteiger partial charge in [0.05, 0.1) is 13.2 Å². The average Bonchev–Trinajstić information content (AvgIpc) is 2.77. The smallest absolute Gasteiger partial charge is 0.114 e. The van der Waals surface area contributed by atoms with E-state index in [9.17, 15) is 15.3 Å². The number of rotatable bonds is 20. The van der Waals surface area contributed by atoms with E-state index >= 15 is 0 Å². The molecule has 1 heterocycles. The van der Waals surface area contributed by atoms with Crippen LogP contribution >= 0.6 is 0 Å². The van der Waals surface area contributed by atoms with Crippen LogP contribution < -0.4 is 0 Å². The third-order valence-corrected chi connectivity index (χ3v) is 6.22. The third-order valence-electron chi connectivity index (χ3n) is 6.22. The van der Waals surface area contributed by atoms with Crippen molar-refractivity contribution < 1.29 is 24.8 Å². The van der Waals surface area contributed by atoms with Crippen LogP contribution in [-0.2, 0) is 9.47 Å². The van der Waals surface area contributed by atoms with E-state index in [1.807, 2.05) is 0 Å². The Labute approximate surface area is 191 Å². The molecule has 184 valence electrons. The van der Waals surface area contributed by atoms with Crippen LogP contribution in [0.1, 0.15) is 110 Å². The number of allylic oxidation sites excluding steroid dienone is 2. The summed E-state index contributed by atoms with van der Waals surface area (Å²) in [6.07, 6.45) is 22.2. The number of unbranched alkanes of at least 4 members (excludes halogenated alkanes) is 14. The number of ether oxygens (including phenoxy) is 2. The van der Waals surface area contributed by atoms with E-state index in [4.69, 9.17) is 9.47 Å². The number of hydrogen-bond donors (Lipinski definition) is 3. The summed E-state index contributed by atoms with van der Waals surface area (Å²) in [7, 11) is 0. The minimum atomic E-state index is -0.972. The van der Waals surface area contributed by atoms with Crippen LogP contribution in [0, 0.1) is 0 Å². The zero-order valence-electron chi connectivity index (χ0n) is 20.1. The normalized spacial score (nSPS) is 24.3. The Balaban J connectivity index is 1.82. The highest BCUT2D eigenvalue weighted by molar-refractivity contribution is 4.87. The fraction of sp³-hybridized carbons (Fsp3) is 0.923. The lowest BCUT2D eigenvalue weighted by Gasteiger charge is -2.37. The van der Waals surface area contributed by atoms with E-state index in [1.165, 1.54) is 89.9 Å². The fourth-order valence-corrected chi connectivity index (χ4v) is 4.15. The van der Waals surface area contributed by atoms with Crippen molar-refractivity contribution in [2.24, 2.45) is 0 Å². The minimum Gasteiger partial charge on any atom is -0.394 e. The summed E-state index contributed by atoms with van der Waals surface area (Å²) >= 11 is 0. The van der Waals surface area contributed by atoms with E-state index < -0.39 is 24.4 Å². The van der Waals surface area contributed by atoms with Crippen LogP contribution in [0.25, 0.3) is 0 Å². The van der Waals surface area contributed by atoms with E-state index in [1.54, 1.807) is 0 Å². The van der Waals surface area contributed by atoms with Gasteiger partial charge in [-0.3, -0.25) is 0 Å². The molecule has 0 aromatic rings. The summed E-state index contributed by atoms with van der Waals surface area (Å²) in [4.78, 5) is 0. The van der Waals surface area contributed by atoms with E-state index in [-0.39, 0.29) is 13.2 Å². The molecule has 0 aromatic carbocycles. The monoisotopic (exact) mass is 442 g/mol. The molecule has 1 rings (SSSR count). The van der Waals surface area contributed by atoms with Crippen molar-refractivity contribution >= 4 is 0 Å². The highest BCUT2D eigenvalue weighted by atomic mass is 16.6. The predicted octanol–water partition coefficient (Wildman–Crippen LogP) is 5.30. The maximum atomic E-state index is 10.1.